The highest BCUT2D eigenvalue weighted by atomic mass is 32.2. The fourth-order valence-corrected chi connectivity index (χ4v) is 7.91. The summed E-state index contributed by atoms with van der Waals surface area (Å²) in [7, 11) is -1.79. The molecule has 2 aliphatic heterocycles. The summed E-state index contributed by atoms with van der Waals surface area (Å²) >= 11 is 0. The van der Waals surface area contributed by atoms with Crippen LogP contribution in [0.15, 0.2) is 53.7 Å². The van der Waals surface area contributed by atoms with Crippen molar-refractivity contribution in [1.29, 1.82) is 0 Å². The van der Waals surface area contributed by atoms with Gasteiger partial charge in [0.25, 0.3) is 0 Å². The van der Waals surface area contributed by atoms with Gasteiger partial charge >= 0.3 is 5.97 Å². The van der Waals surface area contributed by atoms with Gasteiger partial charge in [-0.25, -0.2) is 13.4 Å². The molecule has 3 aromatic heterocycles. The fraction of sp³-hybridized carbons (Fsp3) is 0.419. The van der Waals surface area contributed by atoms with Crippen LogP contribution < -0.4 is 4.90 Å². The number of rotatable bonds is 6. The average Bonchev–Trinajstić information content (AvgIpc) is 3.30. The molecule has 1 aromatic carbocycles. The Morgan fingerprint density at radius 1 is 1.09 bits per heavy atom. The molecule has 6 rings (SSSR count). The zero-order valence-corrected chi connectivity index (χ0v) is 25.0. The molecule has 0 amide bonds. The zero-order valence-electron chi connectivity index (χ0n) is 24.2. The van der Waals surface area contributed by atoms with E-state index in [1.165, 1.54) is 0 Å². The van der Waals surface area contributed by atoms with Crippen molar-refractivity contribution in [3.8, 4) is 0 Å². The van der Waals surface area contributed by atoms with Gasteiger partial charge in [-0.05, 0) is 73.8 Å². The number of carboxylic acids is 1. The van der Waals surface area contributed by atoms with Gasteiger partial charge in [-0.2, -0.15) is 4.31 Å². The Balaban J connectivity index is 0.00000368. The number of anilines is 1. The van der Waals surface area contributed by atoms with Crippen molar-refractivity contribution in [2.24, 2.45) is 0 Å². The number of nitrogens with zero attached hydrogens (tertiary/aromatic N) is 7. The molecule has 43 heavy (non-hydrogen) atoms. The highest BCUT2D eigenvalue weighted by Gasteiger charge is 2.40. The maximum atomic E-state index is 14.1. The summed E-state index contributed by atoms with van der Waals surface area (Å²) in [5.74, 6) is -0.0957. The molecule has 1 N–H and O–H groups in total. The van der Waals surface area contributed by atoms with Crippen LogP contribution in [0.5, 0.6) is 0 Å². The predicted molar refractivity (Wildman–Crippen MR) is 165 cm³/mol. The van der Waals surface area contributed by atoms with Crippen LogP contribution >= 0.6 is 0 Å². The summed E-state index contributed by atoms with van der Waals surface area (Å²) in [4.78, 5) is 21.2. The molecule has 12 heteroatoms. The summed E-state index contributed by atoms with van der Waals surface area (Å²) < 4.78 is 31.6. The summed E-state index contributed by atoms with van der Waals surface area (Å²) in [5, 5.41) is 18.4. The number of aryl methyl sites for hydroxylation is 3. The van der Waals surface area contributed by atoms with Gasteiger partial charge in [0.2, 0.25) is 10.0 Å². The molecule has 1 saturated heterocycles. The van der Waals surface area contributed by atoms with Gasteiger partial charge in [0.1, 0.15) is 16.5 Å². The van der Waals surface area contributed by atoms with E-state index >= 15 is 0 Å². The number of piperazine rings is 1. The molecule has 2 aliphatic rings. The number of aliphatic carboxylic acids is 1. The van der Waals surface area contributed by atoms with E-state index in [1.54, 1.807) is 22.6 Å². The predicted octanol–water partition coefficient (Wildman–Crippen LogP) is 3.62. The first kappa shape index (κ1) is 30.6. The number of carboxylic acid groups (broad SMARTS) is 1. The molecule has 0 saturated carbocycles. The Morgan fingerprint density at radius 2 is 1.88 bits per heavy atom. The summed E-state index contributed by atoms with van der Waals surface area (Å²) in [6.45, 7) is 8.53. The molecule has 4 aromatic rings. The molecule has 11 nitrogen and oxygen atoms in total. The number of aromatic nitrogens is 4. The molecule has 0 spiro atoms. The van der Waals surface area contributed by atoms with Crippen LogP contribution in [0.3, 0.4) is 0 Å². The smallest absolute Gasteiger partial charge is 0.304 e. The highest BCUT2D eigenvalue weighted by molar-refractivity contribution is 7.89. The van der Waals surface area contributed by atoms with Crippen LogP contribution in [-0.4, -0.2) is 87.5 Å². The van der Waals surface area contributed by atoms with Crippen LogP contribution in [0.4, 0.5) is 5.82 Å². The van der Waals surface area contributed by atoms with Gasteiger partial charge < -0.3 is 14.9 Å². The van der Waals surface area contributed by atoms with Crippen molar-refractivity contribution >= 4 is 27.5 Å². The SMILES string of the molecule is C.Cc1ccc(C(CC(=O)O)c2ccn3c(C)nnc3c2C)cc1CN1C[C@H]2CN(C)CCN2c2ncccc2S1(=O)=O. The second-order valence-corrected chi connectivity index (χ2v) is 13.3. The molecule has 0 radical (unpaired) electrons. The largest absolute Gasteiger partial charge is 0.481 e. The van der Waals surface area contributed by atoms with Gasteiger partial charge in [0.05, 0.1) is 12.5 Å². The molecule has 0 aliphatic carbocycles. The quantitative estimate of drug-likeness (QED) is 0.351. The third-order valence-corrected chi connectivity index (χ3v) is 10.5. The standard InChI is InChI=1S/C30H35N7O4S.CH4/c1-19-7-8-22(26(15-28(38)39)25-9-11-36-21(3)32-33-29(36)20(25)2)14-23(19)16-35-18-24-17-34(4)12-13-37(24)30-27(42(35,40)41)6-5-10-31-30;/h5-11,14,24,26H,12-13,15-18H2,1-4H3,(H,38,39);1H4/t24-,26?;/m1./s1. The van der Waals surface area contributed by atoms with Crippen molar-refractivity contribution in [2.75, 3.05) is 38.1 Å². The van der Waals surface area contributed by atoms with Crippen LogP contribution in [0.1, 0.15) is 53.4 Å². The third kappa shape index (κ3) is 5.50. The van der Waals surface area contributed by atoms with Gasteiger partial charge in [0.15, 0.2) is 5.65 Å². The number of hydrogen-bond acceptors (Lipinski definition) is 8. The van der Waals surface area contributed by atoms with Gasteiger partial charge in [-0.15, -0.1) is 10.2 Å². The van der Waals surface area contributed by atoms with Crippen LogP contribution in [0, 0.1) is 20.8 Å². The second-order valence-electron chi connectivity index (χ2n) is 11.4. The van der Waals surface area contributed by atoms with E-state index in [0.29, 0.717) is 24.6 Å². The number of hydrogen-bond donors (Lipinski definition) is 1. The lowest BCUT2D eigenvalue weighted by molar-refractivity contribution is -0.137. The Hall–Kier alpha value is -3.87. The molecular formula is C31H39N7O4S. The van der Waals surface area contributed by atoms with Crippen molar-refractivity contribution in [3.05, 3.63) is 82.4 Å². The lowest BCUT2D eigenvalue weighted by Crippen LogP contribution is -2.55. The number of benzene rings is 1. The van der Waals surface area contributed by atoms with Crippen molar-refractivity contribution < 1.29 is 18.3 Å². The first-order valence-electron chi connectivity index (χ1n) is 14.1. The molecule has 2 atom stereocenters. The molecule has 228 valence electrons. The lowest BCUT2D eigenvalue weighted by atomic mass is 9.85. The minimum atomic E-state index is -3.84. The highest BCUT2D eigenvalue weighted by Crippen LogP contribution is 2.36. The lowest BCUT2D eigenvalue weighted by Gasteiger charge is -2.40. The van der Waals surface area contributed by atoms with Crippen molar-refractivity contribution in [3.63, 3.8) is 0 Å². The van der Waals surface area contributed by atoms with Crippen molar-refractivity contribution in [1.82, 2.24) is 28.8 Å². The number of carbonyl (C=O) groups is 1. The Labute approximate surface area is 252 Å². The monoisotopic (exact) mass is 605 g/mol. The van der Waals surface area contributed by atoms with E-state index in [1.807, 2.05) is 55.6 Å². The normalized spacial score (nSPS) is 19.3. The number of fused-ring (bicyclic) bond motifs is 4. The van der Waals surface area contributed by atoms with Gasteiger partial charge in [-0.3, -0.25) is 9.20 Å². The van der Waals surface area contributed by atoms with Crippen molar-refractivity contribution in [2.45, 2.75) is 58.0 Å². The van der Waals surface area contributed by atoms with E-state index in [4.69, 9.17) is 0 Å². The Morgan fingerprint density at radius 3 is 2.65 bits per heavy atom. The topological polar surface area (TPSA) is 124 Å². The molecule has 0 bridgehead atoms. The van der Waals surface area contributed by atoms with Crippen LogP contribution in [0.2, 0.25) is 0 Å². The van der Waals surface area contributed by atoms with E-state index in [2.05, 4.69) is 32.0 Å². The van der Waals surface area contributed by atoms with Gasteiger partial charge in [-0.1, -0.05) is 25.6 Å². The minimum absolute atomic E-state index is 0. The molecule has 5 heterocycles. The summed E-state index contributed by atoms with van der Waals surface area (Å²) in [6, 6.07) is 11.1. The molecular weight excluding hydrogens is 566 g/mol. The Bertz CT molecular complexity index is 1790. The number of likely N-dealkylation sites (N-methyl/N-ethyl adjacent to an activating group) is 1. The minimum Gasteiger partial charge on any atom is -0.481 e. The van der Waals surface area contributed by atoms with E-state index in [9.17, 15) is 18.3 Å². The van der Waals surface area contributed by atoms with Gasteiger partial charge in [0, 0.05) is 51.0 Å². The molecule has 1 unspecified atom stereocenters. The third-order valence-electron chi connectivity index (χ3n) is 8.66. The molecule has 1 fully saturated rings. The Kier molecular flexibility index (Phi) is 8.30. The fourth-order valence-electron chi connectivity index (χ4n) is 6.31. The average molecular weight is 606 g/mol. The zero-order chi connectivity index (χ0) is 29.8. The maximum absolute atomic E-state index is 14.1. The number of sulfonamides is 1. The first-order valence-corrected chi connectivity index (χ1v) is 15.5. The van der Waals surface area contributed by atoms with E-state index < -0.39 is 21.9 Å². The van der Waals surface area contributed by atoms with Crippen LogP contribution in [0.25, 0.3) is 5.65 Å². The van der Waals surface area contributed by atoms with E-state index in [0.717, 1.165) is 46.7 Å². The van der Waals surface area contributed by atoms with E-state index in [-0.39, 0.29) is 31.3 Å². The maximum Gasteiger partial charge on any atom is 0.304 e. The number of pyridine rings is 2. The second kappa shape index (κ2) is 11.7. The summed E-state index contributed by atoms with van der Waals surface area (Å²) in [6.07, 6.45) is 3.41. The summed E-state index contributed by atoms with van der Waals surface area (Å²) in [5.41, 5.74) is 5.01. The first-order chi connectivity index (χ1) is 20.0. The van der Waals surface area contributed by atoms with Crippen LogP contribution in [-0.2, 0) is 21.4 Å².